The second-order valence-corrected chi connectivity index (χ2v) is 6.16. The Balaban J connectivity index is 2.29. The molecule has 0 fully saturated rings. The average molecular weight is 479 g/mol. The van der Waals surface area contributed by atoms with Crippen molar-refractivity contribution in [3.05, 3.63) is 49.1 Å². The Morgan fingerprint density at radius 3 is 2.16 bits per heavy atom. The lowest BCUT2D eigenvalue weighted by Gasteiger charge is -2.12. The summed E-state index contributed by atoms with van der Waals surface area (Å²) in [6.45, 7) is 0. The molecule has 0 aliphatic carbocycles. The van der Waals surface area contributed by atoms with Crippen molar-refractivity contribution in [2.45, 2.75) is 0 Å². The van der Waals surface area contributed by atoms with Gasteiger partial charge in [-0.05, 0) is 81.6 Å². The van der Waals surface area contributed by atoms with Gasteiger partial charge >= 0.3 is 0 Å². The van der Waals surface area contributed by atoms with Gasteiger partial charge in [-0.2, -0.15) is 0 Å². The van der Waals surface area contributed by atoms with E-state index in [4.69, 9.17) is 4.74 Å². The van der Waals surface area contributed by atoms with Gasteiger partial charge in [-0.15, -0.1) is 0 Å². The summed E-state index contributed by atoms with van der Waals surface area (Å²) in [5, 5.41) is 3.36. The zero-order valence-corrected chi connectivity index (χ0v) is 14.4. The minimum Gasteiger partial charge on any atom is -0.497 e. The molecule has 3 nitrogen and oxygen atoms in total. The van der Waals surface area contributed by atoms with E-state index in [0.29, 0.717) is 5.56 Å². The second-order valence-electron chi connectivity index (χ2n) is 3.83. The normalized spacial score (nSPS) is 10.1. The number of nitrogens with one attached hydrogen (secondary N) is 1. The molecule has 98 valence electrons. The number of anilines is 2. The highest BCUT2D eigenvalue weighted by Crippen LogP contribution is 2.29. The first-order valence-corrected chi connectivity index (χ1v) is 7.65. The van der Waals surface area contributed by atoms with Crippen molar-refractivity contribution < 1.29 is 9.53 Å². The Kier molecular flexibility index (Phi) is 5.03. The number of methoxy groups -OCH3 is 1. The van der Waals surface area contributed by atoms with Crippen LogP contribution >= 0.6 is 45.2 Å². The van der Waals surface area contributed by atoms with Crippen LogP contribution < -0.4 is 10.1 Å². The van der Waals surface area contributed by atoms with Crippen LogP contribution in [-0.2, 0) is 0 Å². The van der Waals surface area contributed by atoms with E-state index in [2.05, 4.69) is 50.5 Å². The molecule has 0 radical (unpaired) electrons. The summed E-state index contributed by atoms with van der Waals surface area (Å²) in [4.78, 5) is 10.8. The van der Waals surface area contributed by atoms with Crippen molar-refractivity contribution in [3.63, 3.8) is 0 Å². The molecule has 0 aromatic heterocycles. The number of hydrogen-bond acceptors (Lipinski definition) is 3. The summed E-state index contributed by atoms with van der Waals surface area (Å²) in [5.41, 5.74) is 2.68. The third-order valence-electron chi connectivity index (χ3n) is 2.56. The molecular formula is C14H11I2NO2. The predicted molar refractivity (Wildman–Crippen MR) is 93.5 cm³/mol. The van der Waals surface area contributed by atoms with Crippen molar-refractivity contribution in [1.29, 1.82) is 0 Å². The lowest BCUT2D eigenvalue weighted by molar-refractivity contribution is 0.112. The molecule has 0 heterocycles. The Hall–Kier alpha value is -0.830. The second kappa shape index (κ2) is 6.56. The Bertz CT molecular complexity index is 574. The van der Waals surface area contributed by atoms with E-state index in [1.807, 2.05) is 36.4 Å². The molecule has 0 bridgehead atoms. The van der Waals surface area contributed by atoms with E-state index >= 15 is 0 Å². The number of ether oxygens (including phenoxy) is 1. The minimum absolute atomic E-state index is 0.689. The van der Waals surface area contributed by atoms with Crippen LogP contribution in [-0.4, -0.2) is 13.4 Å². The molecule has 0 aliphatic rings. The summed E-state index contributed by atoms with van der Waals surface area (Å²) < 4.78 is 7.16. The number of benzene rings is 2. The number of rotatable bonds is 4. The number of halogens is 2. The quantitative estimate of drug-likeness (QED) is 0.521. The molecule has 2 aromatic rings. The van der Waals surface area contributed by atoms with Crippen LogP contribution in [0.25, 0.3) is 0 Å². The first kappa shape index (κ1) is 14.6. The van der Waals surface area contributed by atoms with Crippen molar-refractivity contribution in [1.82, 2.24) is 0 Å². The van der Waals surface area contributed by atoms with Gasteiger partial charge in [0.05, 0.1) is 12.8 Å². The van der Waals surface area contributed by atoms with Crippen LogP contribution in [0.1, 0.15) is 10.4 Å². The van der Waals surface area contributed by atoms with E-state index in [0.717, 1.165) is 30.6 Å². The molecule has 2 rings (SSSR count). The highest BCUT2D eigenvalue weighted by atomic mass is 127. The van der Waals surface area contributed by atoms with Crippen LogP contribution in [0.5, 0.6) is 5.75 Å². The van der Waals surface area contributed by atoms with Crippen molar-refractivity contribution >= 4 is 62.8 Å². The van der Waals surface area contributed by atoms with Gasteiger partial charge in [0.25, 0.3) is 0 Å². The third kappa shape index (κ3) is 3.59. The number of aldehydes is 1. The highest BCUT2D eigenvalue weighted by Gasteiger charge is 2.07. The molecule has 0 saturated heterocycles. The fourth-order valence-corrected chi connectivity index (χ4v) is 3.68. The molecule has 0 aliphatic heterocycles. The first-order valence-electron chi connectivity index (χ1n) is 5.49. The van der Waals surface area contributed by atoms with Gasteiger partial charge in [0.1, 0.15) is 12.0 Å². The van der Waals surface area contributed by atoms with Gasteiger partial charge in [0.2, 0.25) is 0 Å². The zero-order chi connectivity index (χ0) is 13.8. The largest absolute Gasteiger partial charge is 0.497 e. The molecule has 0 unspecified atom stereocenters. The molecule has 0 saturated carbocycles. The van der Waals surface area contributed by atoms with Crippen molar-refractivity contribution in [3.8, 4) is 5.75 Å². The Labute approximate surface area is 139 Å². The Morgan fingerprint density at radius 2 is 1.68 bits per heavy atom. The fourth-order valence-electron chi connectivity index (χ4n) is 1.60. The van der Waals surface area contributed by atoms with Gasteiger partial charge in [-0.3, -0.25) is 4.79 Å². The highest BCUT2D eigenvalue weighted by molar-refractivity contribution is 14.1. The van der Waals surface area contributed by atoms with E-state index in [-0.39, 0.29) is 0 Å². The summed E-state index contributed by atoms with van der Waals surface area (Å²) in [6, 6.07) is 11.4. The lowest BCUT2D eigenvalue weighted by atomic mass is 10.2. The van der Waals surface area contributed by atoms with Gasteiger partial charge in [0, 0.05) is 18.4 Å². The van der Waals surface area contributed by atoms with E-state index in [1.54, 1.807) is 7.11 Å². The maximum Gasteiger partial charge on any atom is 0.150 e. The number of hydrogen-bond donors (Lipinski definition) is 1. The smallest absolute Gasteiger partial charge is 0.150 e. The summed E-state index contributed by atoms with van der Waals surface area (Å²) in [5.74, 6) is 0.825. The third-order valence-corrected chi connectivity index (χ3v) is 4.26. The van der Waals surface area contributed by atoms with Crippen LogP contribution in [0, 0.1) is 7.14 Å². The molecule has 1 N–H and O–H groups in total. The fraction of sp³-hybridized carbons (Fsp3) is 0.0714. The monoisotopic (exact) mass is 479 g/mol. The Morgan fingerprint density at radius 1 is 1.11 bits per heavy atom. The topological polar surface area (TPSA) is 38.3 Å². The van der Waals surface area contributed by atoms with E-state index in [9.17, 15) is 4.79 Å². The van der Waals surface area contributed by atoms with Crippen LogP contribution in [0.4, 0.5) is 11.4 Å². The van der Waals surface area contributed by atoms with Crippen molar-refractivity contribution in [2.75, 3.05) is 12.4 Å². The molecule has 2 aromatic carbocycles. The minimum atomic E-state index is 0.689. The predicted octanol–water partition coefficient (Wildman–Crippen LogP) is 4.46. The van der Waals surface area contributed by atoms with Gasteiger partial charge < -0.3 is 10.1 Å². The lowest BCUT2D eigenvalue weighted by Crippen LogP contribution is -1.98. The molecule has 0 amide bonds. The van der Waals surface area contributed by atoms with Crippen LogP contribution in [0.15, 0.2) is 36.4 Å². The average Bonchev–Trinajstić information content (AvgIpc) is 2.43. The summed E-state index contributed by atoms with van der Waals surface area (Å²) in [6.07, 6.45) is 0.863. The molecule has 0 spiro atoms. The van der Waals surface area contributed by atoms with Gasteiger partial charge in [0.15, 0.2) is 0 Å². The summed E-state index contributed by atoms with van der Waals surface area (Å²) >= 11 is 4.45. The van der Waals surface area contributed by atoms with E-state index < -0.39 is 0 Å². The first-order chi connectivity index (χ1) is 9.13. The molecular weight excluding hydrogens is 468 g/mol. The van der Waals surface area contributed by atoms with Crippen molar-refractivity contribution in [2.24, 2.45) is 0 Å². The van der Waals surface area contributed by atoms with Crippen LogP contribution in [0.3, 0.4) is 0 Å². The maximum atomic E-state index is 10.8. The number of carbonyl (C=O) groups is 1. The molecule has 19 heavy (non-hydrogen) atoms. The maximum absolute atomic E-state index is 10.8. The van der Waals surface area contributed by atoms with Crippen LogP contribution in [0.2, 0.25) is 0 Å². The molecule has 0 atom stereocenters. The summed E-state index contributed by atoms with van der Waals surface area (Å²) in [7, 11) is 1.65. The van der Waals surface area contributed by atoms with Gasteiger partial charge in [-0.25, -0.2) is 0 Å². The number of carbonyl (C=O) groups excluding carboxylic acids is 1. The SMILES string of the molecule is COc1ccc(Nc2c(I)cc(C=O)cc2I)cc1. The standard InChI is InChI=1S/C14H11I2NO2/c1-19-11-4-2-10(3-5-11)17-14-12(15)6-9(8-18)7-13(14)16/h2-8,17H,1H3. The van der Waals surface area contributed by atoms with Gasteiger partial charge in [-0.1, -0.05) is 0 Å². The van der Waals surface area contributed by atoms with E-state index in [1.165, 1.54) is 0 Å². The molecule has 5 heteroatoms. The zero-order valence-electron chi connectivity index (χ0n) is 10.1.